The summed E-state index contributed by atoms with van der Waals surface area (Å²) in [6, 6.07) is 7.62. The molecule has 0 heterocycles. The van der Waals surface area contributed by atoms with Crippen molar-refractivity contribution in [2.24, 2.45) is 5.92 Å². The number of carbonyl (C=O) groups is 1. The Bertz CT molecular complexity index is 458. The number of ketones is 1. The third-order valence-corrected chi connectivity index (χ3v) is 5.01. The minimum Gasteiger partial charge on any atom is -0.297 e. The van der Waals surface area contributed by atoms with Crippen LogP contribution >= 0.6 is 11.6 Å². The quantitative estimate of drug-likeness (QED) is 0.837. The van der Waals surface area contributed by atoms with E-state index in [1.54, 1.807) is 0 Å². The van der Waals surface area contributed by atoms with Crippen molar-refractivity contribution in [1.82, 2.24) is 4.90 Å². The Morgan fingerprint density at radius 1 is 1.25 bits per heavy atom. The standard InChI is InChI=1S/C17H24ClNO/c1-13-8-10-17(11-9-13,19(2)3)16(20)12-14-4-6-15(18)7-5-14/h4-7,13H,8-12H2,1-3H3. The van der Waals surface area contributed by atoms with E-state index in [0.717, 1.165) is 42.2 Å². The highest BCUT2D eigenvalue weighted by atomic mass is 35.5. The summed E-state index contributed by atoms with van der Waals surface area (Å²) in [5.74, 6) is 1.09. The maximum atomic E-state index is 12.8. The monoisotopic (exact) mass is 293 g/mol. The van der Waals surface area contributed by atoms with Gasteiger partial charge in [0.15, 0.2) is 5.78 Å². The second-order valence-electron chi connectivity index (χ2n) is 6.33. The van der Waals surface area contributed by atoms with E-state index >= 15 is 0 Å². The number of carbonyl (C=O) groups excluding carboxylic acids is 1. The zero-order valence-corrected chi connectivity index (χ0v) is 13.4. The molecule has 0 aliphatic heterocycles. The predicted octanol–water partition coefficient (Wildman–Crippen LogP) is 3.96. The molecule has 0 radical (unpaired) electrons. The van der Waals surface area contributed by atoms with Gasteiger partial charge in [0.25, 0.3) is 0 Å². The molecule has 0 saturated heterocycles. The molecule has 1 fully saturated rings. The van der Waals surface area contributed by atoms with Crippen molar-refractivity contribution in [3.63, 3.8) is 0 Å². The highest BCUT2D eigenvalue weighted by molar-refractivity contribution is 6.30. The highest BCUT2D eigenvalue weighted by Crippen LogP contribution is 2.36. The van der Waals surface area contributed by atoms with Crippen molar-refractivity contribution in [1.29, 1.82) is 0 Å². The molecule has 1 aliphatic carbocycles. The average Bonchev–Trinajstić information content (AvgIpc) is 2.42. The van der Waals surface area contributed by atoms with Crippen LogP contribution in [0.15, 0.2) is 24.3 Å². The van der Waals surface area contributed by atoms with Crippen molar-refractivity contribution in [2.45, 2.75) is 44.6 Å². The number of halogens is 1. The normalized spacial score (nSPS) is 26.8. The molecule has 3 heteroatoms. The van der Waals surface area contributed by atoms with Gasteiger partial charge in [-0.3, -0.25) is 9.69 Å². The van der Waals surface area contributed by atoms with Gasteiger partial charge in [-0.25, -0.2) is 0 Å². The van der Waals surface area contributed by atoms with Crippen LogP contribution in [-0.2, 0) is 11.2 Å². The van der Waals surface area contributed by atoms with Crippen molar-refractivity contribution < 1.29 is 4.79 Å². The Hall–Kier alpha value is -0.860. The Kier molecular flexibility index (Phi) is 4.87. The molecule has 1 aromatic rings. The predicted molar refractivity (Wildman–Crippen MR) is 84.2 cm³/mol. The molecule has 1 saturated carbocycles. The Morgan fingerprint density at radius 2 is 1.80 bits per heavy atom. The smallest absolute Gasteiger partial charge is 0.157 e. The summed E-state index contributed by atoms with van der Waals surface area (Å²) in [7, 11) is 4.07. The Balaban J connectivity index is 2.13. The first kappa shape index (κ1) is 15.5. The number of benzene rings is 1. The highest BCUT2D eigenvalue weighted by Gasteiger charge is 2.42. The third-order valence-electron chi connectivity index (χ3n) is 4.75. The molecule has 0 atom stereocenters. The van der Waals surface area contributed by atoms with E-state index in [-0.39, 0.29) is 5.54 Å². The van der Waals surface area contributed by atoms with Gasteiger partial charge in [0, 0.05) is 11.4 Å². The summed E-state index contributed by atoms with van der Waals surface area (Å²) >= 11 is 5.90. The van der Waals surface area contributed by atoms with E-state index in [9.17, 15) is 4.79 Å². The van der Waals surface area contributed by atoms with Crippen LogP contribution in [0.4, 0.5) is 0 Å². The molecule has 2 rings (SSSR count). The van der Waals surface area contributed by atoms with Gasteiger partial charge in [0.2, 0.25) is 0 Å². The zero-order valence-electron chi connectivity index (χ0n) is 12.7. The van der Waals surface area contributed by atoms with Gasteiger partial charge in [0.05, 0.1) is 5.54 Å². The van der Waals surface area contributed by atoms with Gasteiger partial charge in [-0.1, -0.05) is 30.7 Å². The molecule has 0 unspecified atom stereocenters. The SMILES string of the molecule is CC1CCC(C(=O)Cc2ccc(Cl)cc2)(N(C)C)CC1. The number of hydrogen-bond acceptors (Lipinski definition) is 2. The van der Waals surface area contributed by atoms with Gasteiger partial charge in [0.1, 0.15) is 0 Å². The molecule has 0 aromatic heterocycles. The molecule has 20 heavy (non-hydrogen) atoms. The molecule has 2 nitrogen and oxygen atoms in total. The van der Waals surface area contributed by atoms with Crippen LogP contribution in [-0.4, -0.2) is 30.3 Å². The summed E-state index contributed by atoms with van der Waals surface area (Å²) in [6.07, 6.45) is 4.75. The topological polar surface area (TPSA) is 20.3 Å². The molecule has 1 aliphatic rings. The van der Waals surface area contributed by atoms with Crippen LogP contribution in [0.2, 0.25) is 5.02 Å². The zero-order chi connectivity index (χ0) is 14.8. The van der Waals surface area contributed by atoms with Crippen LogP contribution in [0.25, 0.3) is 0 Å². The van der Waals surface area contributed by atoms with Crippen LogP contribution in [0, 0.1) is 5.92 Å². The second-order valence-corrected chi connectivity index (χ2v) is 6.77. The fraction of sp³-hybridized carbons (Fsp3) is 0.588. The van der Waals surface area contributed by atoms with E-state index < -0.39 is 0 Å². The van der Waals surface area contributed by atoms with E-state index in [1.807, 2.05) is 38.4 Å². The van der Waals surface area contributed by atoms with E-state index in [2.05, 4.69) is 11.8 Å². The molecule has 0 spiro atoms. The maximum Gasteiger partial charge on any atom is 0.157 e. The second kappa shape index (κ2) is 6.28. The third kappa shape index (κ3) is 3.24. The average molecular weight is 294 g/mol. The number of rotatable bonds is 4. The number of hydrogen-bond donors (Lipinski definition) is 0. The fourth-order valence-corrected chi connectivity index (χ4v) is 3.29. The van der Waals surface area contributed by atoms with Crippen molar-refractivity contribution in [2.75, 3.05) is 14.1 Å². The Morgan fingerprint density at radius 3 is 2.30 bits per heavy atom. The lowest BCUT2D eigenvalue weighted by atomic mass is 9.72. The maximum absolute atomic E-state index is 12.8. The molecule has 0 N–H and O–H groups in total. The van der Waals surface area contributed by atoms with Gasteiger partial charge < -0.3 is 0 Å². The molecule has 110 valence electrons. The first-order valence-corrected chi connectivity index (χ1v) is 7.77. The van der Waals surface area contributed by atoms with E-state index in [0.29, 0.717) is 12.2 Å². The molecular weight excluding hydrogens is 270 g/mol. The molecule has 1 aromatic carbocycles. The summed E-state index contributed by atoms with van der Waals surface area (Å²) in [4.78, 5) is 15.0. The summed E-state index contributed by atoms with van der Waals surface area (Å²) in [5.41, 5.74) is 0.783. The van der Waals surface area contributed by atoms with Gasteiger partial charge in [-0.15, -0.1) is 0 Å². The van der Waals surface area contributed by atoms with Crippen molar-refractivity contribution >= 4 is 17.4 Å². The lowest BCUT2D eigenvalue weighted by molar-refractivity contribution is -0.131. The molecule has 0 amide bonds. The first-order valence-electron chi connectivity index (χ1n) is 7.39. The van der Waals surface area contributed by atoms with E-state index in [1.165, 1.54) is 0 Å². The largest absolute Gasteiger partial charge is 0.297 e. The van der Waals surface area contributed by atoms with E-state index in [4.69, 9.17) is 11.6 Å². The van der Waals surface area contributed by atoms with Gasteiger partial charge in [-0.05, 0) is 63.4 Å². The van der Waals surface area contributed by atoms with Crippen LogP contribution < -0.4 is 0 Å². The number of likely N-dealkylation sites (N-methyl/N-ethyl adjacent to an activating group) is 1. The lowest BCUT2D eigenvalue weighted by Crippen LogP contribution is -2.53. The van der Waals surface area contributed by atoms with Crippen molar-refractivity contribution in [3.05, 3.63) is 34.9 Å². The number of nitrogens with zero attached hydrogens (tertiary/aromatic N) is 1. The summed E-state index contributed by atoms with van der Waals surface area (Å²) in [5, 5.41) is 0.718. The van der Waals surface area contributed by atoms with Crippen LogP contribution in [0.5, 0.6) is 0 Å². The van der Waals surface area contributed by atoms with Crippen LogP contribution in [0.1, 0.15) is 38.2 Å². The minimum atomic E-state index is -0.272. The number of Topliss-reactive ketones (excluding diaryl/α,β-unsaturated/α-hetero) is 1. The Labute approximate surface area is 127 Å². The first-order chi connectivity index (χ1) is 9.44. The fourth-order valence-electron chi connectivity index (χ4n) is 3.17. The molecular formula is C17H24ClNO. The lowest BCUT2D eigenvalue weighted by Gasteiger charge is -2.43. The minimum absolute atomic E-state index is 0.272. The van der Waals surface area contributed by atoms with Gasteiger partial charge in [-0.2, -0.15) is 0 Å². The van der Waals surface area contributed by atoms with Crippen LogP contribution in [0.3, 0.4) is 0 Å². The summed E-state index contributed by atoms with van der Waals surface area (Å²) < 4.78 is 0. The van der Waals surface area contributed by atoms with Gasteiger partial charge >= 0.3 is 0 Å². The van der Waals surface area contributed by atoms with Crippen molar-refractivity contribution in [3.8, 4) is 0 Å². The summed E-state index contributed by atoms with van der Waals surface area (Å²) in [6.45, 7) is 2.28. The molecule has 0 bridgehead atoms.